The minimum atomic E-state index is -0.493. The van der Waals surface area contributed by atoms with Gasteiger partial charge in [-0.15, -0.1) is 0 Å². The summed E-state index contributed by atoms with van der Waals surface area (Å²) < 4.78 is 5.22. The second kappa shape index (κ2) is 5.38. The van der Waals surface area contributed by atoms with Gasteiger partial charge in [0.25, 0.3) is 0 Å². The molecule has 1 aromatic carbocycles. The lowest BCUT2D eigenvalue weighted by atomic mass is 10.1. The maximum absolute atomic E-state index is 10.5. The van der Waals surface area contributed by atoms with E-state index in [1.807, 2.05) is 12.1 Å². The fourth-order valence-electron chi connectivity index (χ4n) is 1.12. The topological polar surface area (TPSA) is 99.9 Å². The van der Waals surface area contributed by atoms with Gasteiger partial charge in [0.05, 0.1) is 24.2 Å². The highest BCUT2D eigenvalue weighted by molar-refractivity contribution is 5.73. The molecule has 5 nitrogen and oxygen atoms in total. The lowest BCUT2D eigenvalue weighted by molar-refractivity contribution is -0.118. The summed E-state index contributed by atoms with van der Waals surface area (Å²) in [6, 6.07) is 8.51. The van der Waals surface area contributed by atoms with Crippen molar-refractivity contribution in [2.75, 3.05) is 6.61 Å². The van der Waals surface area contributed by atoms with E-state index in [0.29, 0.717) is 0 Å². The molecule has 0 aromatic heterocycles. The third kappa shape index (κ3) is 2.73. The van der Waals surface area contributed by atoms with Crippen molar-refractivity contribution in [2.45, 2.75) is 6.42 Å². The molecule has 80 valence electrons. The van der Waals surface area contributed by atoms with Gasteiger partial charge in [0.2, 0.25) is 5.91 Å². The van der Waals surface area contributed by atoms with Gasteiger partial charge < -0.3 is 10.5 Å². The number of benzene rings is 1. The lowest BCUT2D eigenvalue weighted by Gasteiger charge is -2.07. The van der Waals surface area contributed by atoms with Crippen LogP contribution < -0.4 is 10.5 Å². The van der Waals surface area contributed by atoms with Gasteiger partial charge in [-0.2, -0.15) is 10.5 Å². The Kier molecular flexibility index (Phi) is 3.88. The van der Waals surface area contributed by atoms with Gasteiger partial charge in [-0.25, -0.2) is 0 Å². The first-order valence-corrected chi connectivity index (χ1v) is 4.53. The molecule has 0 fully saturated rings. The fraction of sp³-hybridized carbons (Fsp3) is 0.182. The van der Waals surface area contributed by atoms with E-state index in [1.165, 1.54) is 0 Å². The zero-order valence-corrected chi connectivity index (χ0v) is 8.43. The number of carbonyl (C=O) groups excluding carboxylic acids is 1. The molecule has 0 spiro atoms. The van der Waals surface area contributed by atoms with E-state index in [2.05, 4.69) is 0 Å². The maximum Gasteiger partial charge on any atom is 0.220 e. The van der Waals surface area contributed by atoms with Crippen molar-refractivity contribution in [3.63, 3.8) is 0 Å². The summed E-state index contributed by atoms with van der Waals surface area (Å²) in [6.45, 7) is 0.0582. The Labute approximate surface area is 92.7 Å². The number of nitrogens with zero attached hydrogens (tertiary/aromatic N) is 2. The summed E-state index contributed by atoms with van der Waals surface area (Å²) in [5, 5.41) is 17.6. The Morgan fingerprint density at radius 2 is 1.88 bits per heavy atom. The number of primary amides is 1. The number of rotatable bonds is 4. The van der Waals surface area contributed by atoms with Crippen LogP contribution in [0.25, 0.3) is 0 Å². The zero-order chi connectivity index (χ0) is 12.0. The molecule has 1 amide bonds. The monoisotopic (exact) mass is 215 g/mol. The largest absolute Gasteiger partial charge is 0.490 e. The zero-order valence-electron chi connectivity index (χ0n) is 8.43. The minimum Gasteiger partial charge on any atom is -0.490 e. The number of nitriles is 2. The van der Waals surface area contributed by atoms with Crippen LogP contribution in [0.4, 0.5) is 0 Å². The molecular formula is C11H9N3O2. The molecular weight excluding hydrogens is 206 g/mol. The van der Waals surface area contributed by atoms with Gasteiger partial charge in [-0.3, -0.25) is 4.79 Å². The number of hydrogen-bond donors (Lipinski definition) is 1. The van der Waals surface area contributed by atoms with E-state index in [4.69, 9.17) is 21.0 Å². The molecule has 0 aliphatic heterocycles. The van der Waals surface area contributed by atoms with Crippen LogP contribution in [0.15, 0.2) is 18.2 Å². The molecule has 0 unspecified atom stereocenters. The Hall–Kier alpha value is -2.53. The van der Waals surface area contributed by atoms with E-state index in [-0.39, 0.29) is 29.9 Å². The van der Waals surface area contributed by atoms with Gasteiger partial charge in [0.1, 0.15) is 12.1 Å². The van der Waals surface area contributed by atoms with Gasteiger partial charge in [-0.05, 0) is 12.1 Å². The number of nitrogens with two attached hydrogens (primary N) is 1. The van der Waals surface area contributed by atoms with Gasteiger partial charge >= 0.3 is 0 Å². The summed E-state index contributed by atoms with van der Waals surface area (Å²) in [5.41, 5.74) is 5.48. The average molecular weight is 215 g/mol. The van der Waals surface area contributed by atoms with Crippen LogP contribution in [-0.4, -0.2) is 12.5 Å². The summed E-state index contributed by atoms with van der Waals surface area (Å²) in [4.78, 5) is 10.5. The second-order valence-electron chi connectivity index (χ2n) is 2.97. The third-order valence-electron chi connectivity index (χ3n) is 1.85. The highest BCUT2D eigenvalue weighted by Gasteiger charge is 2.09. The molecule has 0 atom stereocenters. The van der Waals surface area contributed by atoms with E-state index in [1.54, 1.807) is 18.2 Å². The van der Waals surface area contributed by atoms with Crippen molar-refractivity contribution < 1.29 is 9.53 Å². The van der Waals surface area contributed by atoms with Gasteiger partial charge in [0, 0.05) is 0 Å². The lowest BCUT2D eigenvalue weighted by Crippen LogP contribution is -2.15. The maximum atomic E-state index is 10.5. The van der Waals surface area contributed by atoms with Crippen LogP contribution in [0.2, 0.25) is 0 Å². The SMILES string of the molecule is N#Cc1cccc(C#N)c1OCCC(N)=O. The molecule has 2 N–H and O–H groups in total. The Morgan fingerprint density at radius 3 is 2.31 bits per heavy atom. The first kappa shape index (κ1) is 11.5. The van der Waals surface area contributed by atoms with Gasteiger partial charge in [-0.1, -0.05) is 6.07 Å². The number of para-hydroxylation sites is 1. The van der Waals surface area contributed by atoms with Gasteiger partial charge in [0.15, 0.2) is 5.75 Å². The molecule has 5 heteroatoms. The van der Waals surface area contributed by atoms with Crippen LogP contribution in [-0.2, 0) is 4.79 Å². The molecule has 0 saturated heterocycles. The van der Waals surface area contributed by atoms with Crippen LogP contribution in [0.3, 0.4) is 0 Å². The van der Waals surface area contributed by atoms with E-state index in [9.17, 15) is 4.79 Å². The molecule has 0 heterocycles. The van der Waals surface area contributed by atoms with Crippen LogP contribution in [0.1, 0.15) is 17.5 Å². The molecule has 0 aliphatic rings. The van der Waals surface area contributed by atoms with Crippen LogP contribution in [0.5, 0.6) is 5.75 Å². The van der Waals surface area contributed by atoms with Crippen molar-refractivity contribution in [1.29, 1.82) is 10.5 Å². The van der Waals surface area contributed by atoms with Crippen molar-refractivity contribution >= 4 is 5.91 Å². The predicted molar refractivity (Wildman–Crippen MR) is 55.2 cm³/mol. The van der Waals surface area contributed by atoms with Crippen molar-refractivity contribution in [3.8, 4) is 17.9 Å². The summed E-state index contributed by atoms with van der Waals surface area (Å²) in [5.74, 6) is -0.290. The quantitative estimate of drug-likeness (QED) is 0.798. The Balaban J connectivity index is 2.89. The fourth-order valence-corrected chi connectivity index (χ4v) is 1.12. The van der Waals surface area contributed by atoms with Crippen LogP contribution >= 0.6 is 0 Å². The van der Waals surface area contributed by atoms with Crippen LogP contribution in [0, 0.1) is 22.7 Å². The summed E-state index contributed by atoms with van der Waals surface area (Å²) >= 11 is 0. The highest BCUT2D eigenvalue weighted by Crippen LogP contribution is 2.22. The molecule has 0 aliphatic carbocycles. The Bertz CT molecular complexity index is 451. The van der Waals surface area contributed by atoms with Crippen molar-refractivity contribution in [1.82, 2.24) is 0 Å². The number of carbonyl (C=O) groups is 1. The standard InChI is InChI=1S/C11H9N3O2/c12-6-8-2-1-3-9(7-13)11(8)16-5-4-10(14)15/h1-3H,4-5H2,(H2,14,15). The normalized spacial score (nSPS) is 8.88. The minimum absolute atomic E-state index is 0.0463. The van der Waals surface area contributed by atoms with E-state index in [0.717, 1.165) is 0 Å². The highest BCUT2D eigenvalue weighted by atomic mass is 16.5. The molecule has 0 radical (unpaired) electrons. The predicted octanol–water partition coefficient (Wildman–Crippen LogP) is 0.684. The first-order chi connectivity index (χ1) is 7.69. The second-order valence-corrected chi connectivity index (χ2v) is 2.97. The average Bonchev–Trinajstić information content (AvgIpc) is 2.28. The molecule has 16 heavy (non-hydrogen) atoms. The van der Waals surface area contributed by atoms with Crippen molar-refractivity contribution in [3.05, 3.63) is 29.3 Å². The summed E-state index contributed by atoms with van der Waals surface area (Å²) in [7, 11) is 0. The first-order valence-electron chi connectivity index (χ1n) is 4.53. The molecule has 0 bridgehead atoms. The Morgan fingerprint density at radius 1 is 1.31 bits per heavy atom. The molecule has 0 saturated carbocycles. The molecule has 1 aromatic rings. The number of amides is 1. The van der Waals surface area contributed by atoms with E-state index < -0.39 is 5.91 Å². The smallest absolute Gasteiger partial charge is 0.220 e. The number of hydrogen-bond acceptors (Lipinski definition) is 4. The van der Waals surface area contributed by atoms with Crippen molar-refractivity contribution in [2.24, 2.45) is 5.73 Å². The third-order valence-corrected chi connectivity index (χ3v) is 1.85. The molecule has 1 rings (SSSR count). The summed E-state index contributed by atoms with van der Waals surface area (Å²) in [6.07, 6.45) is 0.0463. The number of ether oxygens (including phenoxy) is 1. The van der Waals surface area contributed by atoms with E-state index >= 15 is 0 Å².